The molecule has 0 saturated carbocycles. The van der Waals surface area contributed by atoms with E-state index in [1.807, 2.05) is 0 Å². The van der Waals surface area contributed by atoms with Crippen molar-refractivity contribution in [3.8, 4) is 0 Å². The van der Waals surface area contributed by atoms with Gasteiger partial charge < -0.3 is 10.6 Å². The summed E-state index contributed by atoms with van der Waals surface area (Å²) < 4.78 is 0. The van der Waals surface area contributed by atoms with E-state index in [1.54, 1.807) is 0 Å². The fourth-order valence-electron chi connectivity index (χ4n) is 1.56. The Morgan fingerprint density at radius 1 is 1.00 bits per heavy atom. The average Bonchev–Trinajstić information content (AvgIpc) is 2.35. The van der Waals surface area contributed by atoms with E-state index in [1.165, 1.54) is 12.0 Å². The maximum Gasteiger partial charge on any atom is 0.0206 e. The molecule has 2 heteroatoms. The van der Waals surface area contributed by atoms with Crippen LogP contribution in [0.5, 0.6) is 0 Å². The molecule has 2 nitrogen and oxygen atoms in total. The third-order valence-corrected chi connectivity index (χ3v) is 3.21. The summed E-state index contributed by atoms with van der Waals surface area (Å²) in [5.74, 6) is 0. The molecule has 0 unspecified atom stereocenters. The van der Waals surface area contributed by atoms with Crippen LogP contribution in [0.25, 0.3) is 0 Å². The summed E-state index contributed by atoms with van der Waals surface area (Å²) in [6, 6.07) is 10.5. The molecule has 0 heterocycles. The summed E-state index contributed by atoms with van der Waals surface area (Å²) in [7, 11) is 0. The minimum absolute atomic E-state index is 0.416. The fourth-order valence-corrected chi connectivity index (χ4v) is 1.56. The molecular weight excluding hydrogens is 208 g/mol. The van der Waals surface area contributed by atoms with Gasteiger partial charge in [-0.3, -0.25) is 0 Å². The lowest BCUT2D eigenvalue weighted by atomic mass is 9.90. The molecule has 0 amide bonds. The molecular formula is C15H26N2. The first kappa shape index (κ1) is 14.2. The molecule has 0 aliphatic carbocycles. The molecule has 17 heavy (non-hydrogen) atoms. The Morgan fingerprint density at radius 2 is 1.65 bits per heavy atom. The summed E-state index contributed by atoms with van der Waals surface area (Å²) >= 11 is 0. The standard InChI is InChI=1S/C15H26N2/c1-4-15(2,3)13-17-11-10-16-12-14-8-6-5-7-9-14/h5-9,16-17H,4,10-13H2,1-3H3. The zero-order chi connectivity index (χ0) is 12.6. The Hall–Kier alpha value is -0.860. The van der Waals surface area contributed by atoms with Crippen LogP contribution in [-0.2, 0) is 6.54 Å². The third kappa shape index (κ3) is 6.44. The van der Waals surface area contributed by atoms with Gasteiger partial charge in [0, 0.05) is 26.2 Å². The van der Waals surface area contributed by atoms with Gasteiger partial charge in [-0.05, 0) is 17.4 Å². The average molecular weight is 234 g/mol. The van der Waals surface area contributed by atoms with Crippen LogP contribution in [0.3, 0.4) is 0 Å². The van der Waals surface area contributed by atoms with E-state index in [0.717, 1.165) is 26.2 Å². The summed E-state index contributed by atoms with van der Waals surface area (Å²) in [5, 5.41) is 6.94. The minimum Gasteiger partial charge on any atom is -0.315 e. The van der Waals surface area contributed by atoms with Crippen LogP contribution in [-0.4, -0.2) is 19.6 Å². The Labute approximate surface area is 106 Å². The normalized spacial score (nSPS) is 11.7. The number of hydrogen-bond donors (Lipinski definition) is 2. The molecule has 0 atom stereocenters. The van der Waals surface area contributed by atoms with E-state index in [-0.39, 0.29) is 0 Å². The van der Waals surface area contributed by atoms with Gasteiger partial charge in [-0.25, -0.2) is 0 Å². The fraction of sp³-hybridized carbons (Fsp3) is 0.600. The van der Waals surface area contributed by atoms with Crippen LogP contribution < -0.4 is 10.6 Å². The first-order valence-electron chi connectivity index (χ1n) is 6.59. The molecule has 2 N–H and O–H groups in total. The van der Waals surface area contributed by atoms with Crippen LogP contribution in [0.4, 0.5) is 0 Å². The van der Waals surface area contributed by atoms with Crippen molar-refractivity contribution in [2.75, 3.05) is 19.6 Å². The van der Waals surface area contributed by atoms with Gasteiger partial charge in [0.15, 0.2) is 0 Å². The van der Waals surface area contributed by atoms with Gasteiger partial charge in [-0.1, -0.05) is 51.1 Å². The zero-order valence-corrected chi connectivity index (χ0v) is 11.4. The van der Waals surface area contributed by atoms with Crippen molar-refractivity contribution in [2.24, 2.45) is 5.41 Å². The van der Waals surface area contributed by atoms with E-state index in [4.69, 9.17) is 0 Å². The van der Waals surface area contributed by atoms with Crippen molar-refractivity contribution in [1.82, 2.24) is 10.6 Å². The molecule has 0 fully saturated rings. The summed E-state index contributed by atoms with van der Waals surface area (Å²) in [5.41, 5.74) is 1.76. The van der Waals surface area contributed by atoms with Gasteiger partial charge in [0.05, 0.1) is 0 Å². The lowest BCUT2D eigenvalue weighted by Crippen LogP contribution is -2.33. The Bertz CT molecular complexity index is 293. The topological polar surface area (TPSA) is 24.1 Å². The lowest BCUT2D eigenvalue weighted by Gasteiger charge is -2.23. The zero-order valence-electron chi connectivity index (χ0n) is 11.4. The van der Waals surface area contributed by atoms with Gasteiger partial charge in [-0.15, -0.1) is 0 Å². The van der Waals surface area contributed by atoms with Gasteiger partial charge in [0.1, 0.15) is 0 Å². The molecule has 1 aromatic rings. The highest BCUT2D eigenvalue weighted by molar-refractivity contribution is 5.14. The Kier molecular flexibility index (Phi) is 6.23. The van der Waals surface area contributed by atoms with E-state index in [0.29, 0.717) is 5.41 Å². The maximum absolute atomic E-state index is 3.50. The largest absolute Gasteiger partial charge is 0.315 e. The van der Waals surface area contributed by atoms with E-state index >= 15 is 0 Å². The highest BCUT2D eigenvalue weighted by Gasteiger charge is 2.13. The van der Waals surface area contributed by atoms with Crippen LogP contribution >= 0.6 is 0 Å². The molecule has 0 aliphatic heterocycles. The number of benzene rings is 1. The van der Waals surface area contributed by atoms with Gasteiger partial charge in [0.25, 0.3) is 0 Å². The van der Waals surface area contributed by atoms with E-state index < -0.39 is 0 Å². The van der Waals surface area contributed by atoms with Gasteiger partial charge in [-0.2, -0.15) is 0 Å². The van der Waals surface area contributed by atoms with Crippen molar-refractivity contribution in [1.29, 1.82) is 0 Å². The molecule has 0 bridgehead atoms. The predicted octanol–water partition coefficient (Wildman–Crippen LogP) is 2.80. The number of hydrogen-bond acceptors (Lipinski definition) is 2. The second-order valence-corrected chi connectivity index (χ2v) is 5.36. The van der Waals surface area contributed by atoms with E-state index in [2.05, 4.69) is 61.7 Å². The smallest absolute Gasteiger partial charge is 0.0206 e. The lowest BCUT2D eigenvalue weighted by molar-refractivity contribution is 0.328. The summed E-state index contributed by atoms with van der Waals surface area (Å²) in [4.78, 5) is 0. The molecule has 1 rings (SSSR count). The molecule has 0 aliphatic rings. The highest BCUT2D eigenvalue weighted by Crippen LogP contribution is 2.17. The SMILES string of the molecule is CCC(C)(C)CNCCNCc1ccccc1. The van der Waals surface area contributed by atoms with Crippen molar-refractivity contribution in [3.63, 3.8) is 0 Å². The van der Waals surface area contributed by atoms with Gasteiger partial charge in [0.2, 0.25) is 0 Å². The van der Waals surface area contributed by atoms with Crippen molar-refractivity contribution in [2.45, 2.75) is 33.7 Å². The highest BCUT2D eigenvalue weighted by atomic mass is 14.9. The molecule has 0 aromatic heterocycles. The Balaban J connectivity index is 2.02. The quantitative estimate of drug-likeness (QED) is 0.676. The van der Waals surface area contributed by atoms with Crippen molar-refractivity contribution in [3.05, 3.63) is 35.9 Å². The summed E-state index contributed by atoms with van der Waals surface area (Å²) in [6.07, 6.45) is 1.22. The van der Waals surface area contributed by atoms with E-state index in [9.17, 15) is 0 Å². The van der Waals surface area contributed by atoms with Crippen LogP contribution in [0.1, 0.15) is 32.8 Å². The van der Waals surface area contributed by atoms with Crippen molar-refractivity contribution >= 4 is 0 Å². The molecule has 1 aromatic carbocycles. The third-order valence-electron chi connectivity index (χ3n) is 3.21. The molecule has 0 saturated heterocycles. The first-order valence-corrected chi connectivity index (χ1v) is 6.59. The summed E-state index contributed by atoms with van der Waals surface area (Å²) in [6.45, 7) is 11.0. The Morgan fingerprint density at radius 3 is 2.29 bits per heavy atom. The second kappa shape index (κ2) is 7.46. The first-order chi connectivity index (χ1) is 8.14. The maximum atomic E-state index is 3.50. The van der Waals surface area contributed by atoms with Gasteiger partial charge >= 0.3 is 0 Å². The van der Waals surface area contributed by atoms with Crippen molar-refractivity contribution < 1.29 is 0 Å². The molecule has 0 spiro atoms. The number of nitrogens with one attached hydrogen (secondary N) is 2. The second-order valence-electron chi connectivity index (χ2n) is 5.36. The van der Waals surface area contributed by atoms with Crippen LogP contribution in [0.15, 0.2) is 30.3 Å². The predicted molar refractivity (Wildman–Crippen MR) is 75.1 cm³/mol. The molecule has 0 radical (unpaired) electrons. The van der Waals surface area contributed by atoms with Crippen LogP contribution in [0.2, 0.25) is 0 Å². The number of rotatable bonds is 8. The minimum atomic E-state index is 0.416. The van der Waals surface area contributed by atoms with Crippen LogP contribution in [0, 0.1) is 5.41 Å². The molecule has 96 valence electrons. The monoisotopic (exact) mass is 234 g/mol.